The summed E-state index contributed by atoms with van der Waals surface area (Å²) in [4.78, 5) is 11.8. The number of halogens is 3. The smallest absolute Gasteiger partial charge is 0.267 e. The lowest BCUT2D eigenvalue weighted by Gasteiger charge is -2.08. The lowest BCUT2D eigenvalue weighted by molar-refractivity contribution is -0.147. The van der Waals surface area contributed by atoms with Crippen LogP contribution >= 0.6 is 0 Å². The van der Waals surface area contributed by atoms with Crippen molar-refractivity contribution in [3.05, 3.63) is 41.7 Å². The largest absolute Gasteiger partial charge is 0.455 e. The molecule has 0 aliphatic rings. The molecule has 0 atom stereocenters. The highest BCUT2D eigenvalue weighted by molar-refractivity contribution is 5.99. The molecule has 0 saturated heterocycles. The molecule has 0 unspecified atom stereocenters. The van der Waals surface area contributed by atoms with Crippen LogP contribution < -0.4 is 5.43 Å². The van der Waals surface area contributed by atoms with Crippen LogP contribution in [0.15, 0.2) is 30.3 Å². The zero-order valence-electron chi connectivity index (χ0n) is 8.72. The molecular formula is C9H6F3N5O. The van der Waals surface area contributed by atoms with E-state index in [0.717, 1.165) is 0 Å². The first-order chi connectivity index (χ1) is 8.48. The molecule has 0 radical (unpaired) electrons. The zero-order chi connectivity index (χ0) is 13.2. The van der Waals surface area contributed by atoms with Crippen molar-refractivity contribution in [1.82, 2.24) is 20.3 Å². The molecule has 1 aromatic carbocycles. The molecule has 0 aliphatic heterocycles. The molecule has 1 amide bonds. The van der Waals surface area contributed by atoms with E-state index in [1.54, 1.807) is 18.2 Å². The fourth-order valence-electron chi connectivity index (χ4n) is 1.19. The number of aromatic nitrogens is 4. The predicted octanol–water partition coefficient (Wildman–Crippen LogP) is 1.08. The highest BCUT2D eigenvalue weighted by atomic mass is 19.4. The monoisotopic (exact) mass is 257 g/mol. The van der Waals surface area contributed by atoms with Gasteiger partial charge in [0.1, 0.15) is 0 Å². The minimum Gasteiger partial charge on any atom is -0.267 e. The van der Waals surface area contributed by atoms with E-state index in [1.807, 2.05) is 5.43 Å². The molecule has 1 aromatic heterocycles. The van der Waals surface area contributed by atoms with Crippen molar-refractivity contribution in [3.8, 4) is 0 Å². The number of hydrogen-bond acceptors (Lipinski definition) is 4. The summed E-state index contributed by atoms with van der Waals surface area (Å²) in [6, 6.07) is 7.74. The van der Waals surface area contributed by atoms with Crippen molar-refractivity contribution in [2.75, 3.05) is 5.43 Å². The average Bonchev–Trinajstić information content (AvgIpc) is 2.78. The highest BCUT2D eigenvalue weighted by Gasteiger charge is 2.38. The van der Waals surface area contributed by atoms with E-state index in [1.165, 1.54) is 12.1 Å². The third-order valence-electron chi connectivity index (χ3n) is 1.97. The van der Waals surface area contributed by atoms with Crippen LogP contribution in [0.5, 0.6) is 0 Å². The predicted molar refractivity (Wildman–Crippen MR) is 53.0 cm³/mol. The summed E-state index contributed by atoms with van der Waals surface area (Å²) < 4.78 is 37.3. The Labute approximate surface area is 98.4 Å². The van der Waals surface area contributed by atoms with Crippen LogP contribution in [0.1, 0.15) is 16.2 Å². The molecule has 1 N–H and O–H groups in total. The first-order valence-electron chi connectivity index (χ1n) is 4.70. The van der Waals surface area contributed by atoms with Gasteiger partial charge >= 0.3 is 6.18 Å². The first-order valence-corrected chi connectivity index (χ1v) is 4.70. The van der Waals surface area contributed by atoms with Crippen molar-refractivity contribution in [2.45, 2.75) is 6.18 Å². The normalized spacial score (nSPS) is 11.3. The number of rotatable bonds is 2. The quantitative estimate of drug-likeness (QED) is 0.873. The summed E-state index contributed by atoms with van der Waals surface area (Å²) >= 11 is 0. The van der Waals surface area contributed by atoms with E-state index in [2.05, 4.69) is 15.5 Å². The van der Waals surface area contributed by atoms with Gasteiger partial charge in [0.05, 0.1) is 0 Å². The van der Waals surface area contributed by atoms with E-state index in [4.69, 9.17) is 0 Å². The topological polar surface area (TPSA) is 72.7 Å². The Kier molecular flexibility index (Phi) is 2.96. The van der Waals surface area contributed by atoms with Gasteiger partial charge in [0.2, 0.25) is 0 Å². The summed E-state index contributed by atoms with van der Waals surface area (Å²) in [5.41, 5.74) is 2.13. The molecule has 2 aromatic rings. The Bertz CT molecular complexity index is 551. The minimum absolute atomic E-state index is 0.190. The minimum atomic E-state index is -4.74. The third-order valence-corrected chi connectivity index (χ3v) is 1.97. The lowest BCUT2D eigenvalue weighted by atomic mass is 10.2. The van der Waals surface area contributed by atoms with Gasteiger partial charge in [-0.2, -0.15) is 13.2 Å². The molecule has 0 aliphatic carbocycles. The first kappa shape index (κ1) is 12.0. The Morgan fingerprint density at radius 3 is 2.50 bits per heavy atom. The Balaban J connectivity index is 2.21. The molecule has 2 rings (SSSR count). The maximum atomic E-state index is 12.4. The van der Waals surface area contributed by atoms with Crippen LogP contribution in [0.4, 0.5) is 13.2 Å². The van der Waals surface area contributed by atoms with Crippen molar-refractivity contribution in [1.29, 1.82) is 0 Å². The second-order valence-corrected chi connectivity index (χ2v) is 3.22. The van der Waals surface area contributed by atoms with Gasteiger partial charge in [0.25, 0.3) is 11.7 Å². The number of carbonyl (C=O) groups is 1. The number of nitrogens with one attached hydrogen (secondary N) is 1. The lowest BCUT2D eigenvalue weighted by Crippen LogP contribution is -2.29. The van der Waals surface area contributed by atoms with Crippen molar-refractivity contribution in [2.24, 2.45) is 0 Å². The Morgan fingerprint density at radius 1 is 1.22 bits per heavy atom. The number of tetrazole rings is 1. The summed E-state index contributed by atoms with van der Waals surface area (Å²) in [7, 11) is 0. The van der Waals surface area contributed by atoms with Gasteiger partial charge < -0.3 is 0 Å². The number of benzene rings is 1. The van der Waals surface area contributed by atoms with Gasteiger partial charge in [-0.1, -0.05) is 18.2 Å². The number of nitrogens with zero attached hydrogens (tertiary/aromatic N) is 4. The van der Waals surface area contributed by atoms with Crippen LogP contribution in [0, 0.1) is 0 Å². The molecule has 0 saturated carbocycles. The van der Waals surface area contributed by atoms with E-state index in [0.29, 0.717) is 0 Å². The molecule has 18 heavy (non-hydrogen) atoms. The zero-order valence-corrected chi connectivity index (χ0v) is 8.72. The molecule has 1 heterocycles. The highest BCUT2D eigenvalue weighted by Crippen LogP contribution is 2.25. The van der Waals surface area contributed by atoms with Crippen molar-refractivity contribution in [3.63, 3.8) is 0 Å². The van der Waals surface area contributed by atoms with Crippen LogP contribution in [0.25, 0.3) is 0 Å². The average molecular weight is 257 g/mol. The fourth-order valence-corrected chi connectivity index (χ4v) is 1.19. The maximum absolute atomic E-state index is 12.4. The van der Waals surface area contributed by atoms with E-state index < -0.39 is 17.9 Å². The number of alkyl halides is 3. The van der Waals surface area contributed by atoms with Crippen molar-refractivity contribution >= 4 is 5.91 Å². The summed E-state index contributed by atoms with van der Waals surface area (Å²) in [5.74, 6) is -2.14. The second kappa shape index (κ2) is 4.43. The van der Waals surface area contributed by atoms with Crippen LogP contribution in [-0.2, 0) is 6.18 Å². The summed E-state index contributed by atoms with van der Waals surface area (Å²) in [6.45, 7) is 0. The number of hydrogen-bond donors (Lipinski definition) is 1. The number of amides is 1. The Morgan fingerprint density at radius 2 is 1.89 bits per heavy atom. The maximum Gasteiger partial charge on any atom is 0.455 e. The second-order valence-electron chi connectivity index (χ2n) is 3.22. The van der Waals surface area contributed by atoms with Gasteiger partial charge in [-0.25, -0.2) is 5.43 Å². The SMILES string of the molecule is O=C(Nn1nnnc1C(F)(F)F)c1ccccc1. The fraction of sp³-hybridized carbons (Fsp3) is 0.111. The van der Waals surface area contributed by atoms with Gasteiger partial charge in [0, 0.05) is 5.56 Å². The molecule has 0 spiro atoms. The van der Waals surface area contributed by atoms with Gasteiger partial charge in [-0.15, -0.1) is 9.89 Å². The van der Waals surface area contributed by atoms with Gasteiger partial charge in [-0.05, 0) is 22.6 Å². The molecular weight excluding hydrogens is 251 g/mol. The number of carbonyl (C=O) groups excluding carboxylic acids is 1. The van der Waals surface area contributed by atoms with Gasteiger partial charge in [-0.3, -0.25) is 4.79 Å². The van der Waals surface area contributed by atoms with Crippen LogP contribution in [0.2, 0.25) is 0 Å². The third kappa shape index (κ3) is 2.44. The standard InChI is InChI=1S/C9H6F3N5O/c10-9(11,12)8-13-15-16-17(8)14-7(18)6-4-2-1-3-5-6/h1-5H,(H,14,18). The van der Waals surface area contributed by atoms with E-state index >= 15 is 0 Å². The van der Waals surface area contributed by atoms with E-state index in [9.17, 15) is 18.0 Å². The van der Waals surface area contributed by atoms with Crippen LogP contribution in [-0.4, -0.2) is 26.2 Å². The van der Waals surface area contributed by atoms with Crippen LogP contribution in [0.3, 0.4) is 0 Å². The van der Waals surface area contributed by atoms with Crippen molar-refractivity contribution < 1.29 is 18.0 Å². The summed E-state index contributed by atoms with van der Waals surface area (Å²) in [6.07, 6.45) is -4.74. The molecule has 0 fully saturated rings. The molecule has 6 nitrogen and oxygen atoms in total. The Hall–Kier alpha value is -2.45. The molecule has 0 bridgehead atoms. The van der Waals surface area contributed by atoms with Gasteiger partial charge in [0.15, 0.2) is 0 Å². The summed E-state index contributed by atoms with van der Waals surface area (Å²) in [5, 5.41) is 8.71. The molecule has 94 valence electrons. The molecule has 9 heteroatoms. The van der Waals surface area contributed by atoms with E-state index in [-0.39, 0.29) is 10.4 Å².